The van der Waals surface area contributed by atoms with E-state index < -0.39 is 5.82 Å². The van der Waals surface area contributed by atoms with Gasteiger partial charge in [-0.25, -0.2) is 4.39 Å². The van der Waals surface area contributed by atoms with Gasteiger partial charge in [0.25, 0.3) is 5.91 Å². The standard InChI is InChI=1S/C15H20FNO2/c1-11-3-4-13(16)12(9-11)14(18)17-10-15(5-6-15)7-8-19-2/h3-4,9H,5-8,10H2,1-2H3,(H,17,18). The Bertz CT molecular complexity index is 469. The molecule has 0 radical (unpaired) electrons. The number of methoxy groups -OCH3 is 1. The quantitative estimate of drug-likeness (QED) is 0.858. The SMILES string of the molecule is COCCC1(CNC(=O)c2cc(C)ccc2F)CC1. The fourth-order valence-corrected chi connectivity index (χ4v) is 2.19. The van der Waals surface area contributed by atoms with Crippen LogP contribution in [0.2, 0.25) is 0 Å². The summed E-state index contributed by atoms with van der Waals surface area (Å²) in [5, 5.41) is 2.84. The van der Waals surface area contributed by atoms with Crippen LogP contribution in [0.25, 0.3) is 0 Å². The molecule has 1 saturated carbocycles. The molecule has 1 amide bonds. The van der Waals surface area contributed by atoms with Crippen molar-refractivity contribution in [3.63, 3.8) is 0 Å². The molecule has 0 aliphatic heterocycles. The van der Waals surface area contributed by atoms with Crippen LogP contribution in [0, 0.1) is 18.2 Å². The molecular formula is C15H20FNO2. The number of carbonyl (C=O) groups is 1. The first-order valence-electron chi connectivity index (χ1n) is 6.60. The van der Waals surface area contributed by atoms with Crippen molar-refractivity contribution in [2.24, 2.45) is 5.41 Å². The van der Waals surface area contributed by atoms with Gasteiger partial charge in [0.05, 0.1) is 5.56 Å². The van der Waals surface area contributed by atoms with Gasteiger partial charge in [-0.05, 0) is 43.7 Å². The highest BCUT2D eigenvalue weighted by Gasteiger charge is 2.42. The van der Waals surface area contributed by atoms with Gasteiger partial charge in [0.2, 0.25) is 0 Å². The molecule has 0 saturated heterocycles. The van der Waals surface area contributed by atoms with Crippen LogP contribution in [0.15, 0.2) is 18.2 Å². The highest BCUT2D eigenvalue weighted by atomic mass is 19.1. The number of amides is 1. The number of hydrogen-bond acceptors (Lipinski definition) is 2. The summed E-state index contributed by atoms with van der Waals surface area (Å²) in [5.41, 5.74) is 1.18. The topological polar surface area (TPSA) is 38.3 Å². The molecule has 1 aromatic carbocycles. The van der Waals surface area contributed by atoms with Crippen LogP contribution in [0.3, 0.4) is 0 Å². The van der Waals surface area contributed by atoms with Crippen molar-refractivity contribution in [1.29, 1.82) is 0 Å². The van der Waals surface area contributed by atoms with Crippen molar-refractivity contribution < 1.29 is 13.9 Å². The summed E-state index contributed by atoms with van der Waals surface area (Å²) in [6, 6.07) is 4.58. The lowest BCUT2D eigenvalue weighted by Gasteiger charge is -2.15. The van der Waals surface area contributed by atoms with E-state index in [0.29, 0.717) is 13.2 Å². The lowest BCUT2D eigenvalue weighted by molar-refractivity contribution is 0.0934. The lowest BCUT2D eigenvalue weighted by Crippen LogP contribution is -2.31. The predicted molar refractivity (Wildman–Crippen MR) is 71.6 cm³/mol. The second kappa shape index (κ2) is 5.70. The molecule has 1 aliphatic rings. The van der Waals surface area contributed by atoms with Crippen molar-refractivity contribution in [1.82, 2.24) is 5.32 Å². The smallest absolute Gasteiger partial charge is 0.254 e. The Balaban J connectivity index is 1.93. The average Bonchev–Trinajstić information content (AvgIpc) is 3.17. The minimum atomic E-state index is -0.468. The van der Waals surface area contributed by atoms with Crippen molar-refractivity contribution in [2.75, 3.05) is 20.3 Å². The average molecular weight is 265 g/mol. The molecule has 1 aliphatic carbocycles. The molecular weight excluding hydrogens is 245 g/mol. The van der Waals surface area contributed by atoms with Gasteiger partial charge in [-0.2, -0.15) is 0 Å². The fraction of sp³-hybridized carbons (Fsp3) is 0.533. The van der Waals surface area contributed by atoms with Gasteiger partial charge in [0.1, 0.15) is 5.82 Å². The minimum absolute atomic E-state index is 0.127. The van der Waals surface area contributed by atoms with E-state index in [0.717, 1.165) is 24.8 Å². The van der Waals surface area contributed by atoms with E-state index in [-0.39, 0.29) is 16.9 Å². The normalized spacial score (nSPS) is 16.2. The Labute approximate surface area is 113 Å². The predicted octanol–water partition coefficient (Wildman–Crippen LogP) is 2.68. The number of benzene rings is 1. The van der Waals surface area contributed by atoms with E-state index in [1.165, 1.54) is 6.07 Å². The van der Waals surface area contributed by atoms with Crippen molar-refractivity contribution >= 4 is 5.91 Å². The molecule has 3 nitrogen and oxygen atoms in total. The molecule has 19 heavy (non-hydrogen) atoms. The fourth-order valence-electron chi connectivity index (χ4n) is 2.19. The number of nitrogens with one attached hydrogen (secondary N) is 1. The van der Waals surface area contributed by atoms with Gasteiger partial charge < -0.3 is 10.1 Å². The second-order valence-corrected chi connectivity index (χ2v) is 5.41. The maximum atomic E-state index is 13.6. The van der Waals surface area contributed by atoms with E-state index >= 15 is 0 Å². The van der Waals surface area contributed by atoms with Crippen LogP contribution in [0.4, 0.5) is 4.39 Å². The summed E-state index contributed by atoms with van der Waals surface area (Å²) in [5.74, 6) is -0.797. The summed E-state index contributed by atoms with van der Waals surface area (Å²) in [6.45, 7) is 3.15. The van der Waals surface area contributed by atoms with Crippen LogP contribution in [0.1, 0.15) is 35.2 Å². The Morgan fingerprint density at radius 3 is 2.84 bits per heavy atom. The van der Waals surface area contributed by atoms with Crippen LogP contribution >= 0.6 is 0 Å². The molecule has 1 N–H and O–H groups in total. The third kappa shape index (κ3) is 3.53. The third-order valence-electron chi connectivity index (χ3n) is 3.78. The highest BCUT2D eigenvalue weighted by molar-refractivity contribution is 5.94. The van der Waals surface area contributed by atoms with E-state index in [1.54, 1.807) is 19.2 Å². The van der Waals surface area contributed by atoms with Gasteiger partial charge in [-0.1, -0.05) is 11.6 Å². The first-order chi connectivity index (χ1) is 9.06. The molecule has 0 atom stereocenters. The molecule has 0 spiro atoms. The first-order valence-corrected chi connectivity index (χ1v) is 6.60. The Kier molecular flexibility index (Phi) is 4.20. The van der Waals surface area contributed by atoms with E-state index in [4.69, 9.17) is 4.74 Å². The molecule has 1 aromatic rings. The molecule has 1 fully saturated rings. The number of carbonyl (C=O) groups excluding carboxylic acids is 1. The Hall–Kier alpha value is -1.42. The molecule has 0 heterocycles. The van der Waals surface area contributed by atoms with Gasteiger partial charge in [0.15, 0.2) is 0 Å². The maximum absolute atomic E-state index is 13.6. The summed E-state index contributed by atoms with van der Waals surface area (Å²) in [6.07, 6.45) is 3.15. The summed E-state index contributed by atoms with van der Waals surface area (Å²) >= 11 is 0. The largest absolute Gasteiger partial charge is 0.385 e. The van der Waals surface area contributed by atoms with Crippen LogP contribution < -0.4 is 5.32 Å². The Morgan fingerprint density at radius 1 is 1.47 bits per heavy atom. The number of ether oxygens (including phenoxy) is 1. The first kappa shape index (κ1) is 14.0. The molecule has 0 unspecified atom stereocenters. The van der Waals surface area contributed by atoms with Gasteiger partial charge in [-0.3, -0.25) is 4.79 Å². The number of rotatable bonds is 6. The summed E-state index contributed by atoms with van der Waals surface area (Å²) < 4.78 is 18.6. The third-order valence-corrected chi connectivity index (χ3v) is 3.78. The zero-order valence-corrected chi connectivity index (χ0v) is 11.5. The highest BCUT2D eigenvalue weighted by Crippen LogP contribution is 2.48. The zero-order chi connectivity index (χ0) is 13.9. The van der Waals surface area contributed by atoms with Crippen LogP contribution in [-0.4, -0.2) is 26.2 Å². The van der Waals surface area contributed by atoms with Gasteiger partial charge in [-0.15, -0.1) is 0 Å². The van der Waals surface area contributed by atoms with Crippen molar-refractivity contribution in [3.8, 4) is 0 Å². The van der Waals surface area contributed by atoms with Gasteiger partial charge >= 0.3 is 0 Å². The van der Waals surface area contributed by atoms with Gasteiger partial charge in [0, 0.05) is 20.3 Å². The van der Waals surface area contributed by atoms with Crippen LogP contribution in [0.5, 0.6) is 0 Å². The zero-order valence-electron chi connectivity index (χ0n) is 11.5. The molecule has 2 rings (SSSR count). The minimum Gasteiger partial charge on any atom is -0.385 e. The second-order valence-electron chi connectivity index (χ2n) is 5.41. The summed E-state index contributed by atoms with van der Waals surface area (Å²) in [4.78, 5) is 12.0. The molecule has 0 bridgehead atoms. The number of aryl methyl sites for hydroxylation is 1. The monoisotopic (exact) mass is 265 g/mol. The maximum Gasteiger partial charge on any atom is 0.254 e. The molecule has 0 aromatic heterocycles. The van der Waals surface area contributed by atoms with E-state index in [2.05, 4.69) is 5.32 Å². The molecule has 104 valence electrons. The van der Waals surface area contributed by atoms with E-state index in [1.807, 2.05) is 6.92 Å². The number of hydrogen-bond donors (Lipinski definition) is 1. The Morgan fingerprint density at radius 2 is 2.21 bits per heavy atom. The van der Waals surface area contributed by atoms with Crippen LogP contribution in [-0.2, 0) is 4.74 Å². The van der Waals surface area contributed by atoms with Crippen molar-refractivity contribution in [2.45, 2.75) is 26.2 Å². The lowest BCUT2D eigenvalue weighted by atomic mass is 10.0. The van der Waals surface area contributed by atoms with E-state index in [9.17, 15) is 9.18 Å². The van der Waals surface area contributed by atoms with Crippen molar-refractivity contribution in [3.05, 3.63) is 35.1 Å². The summed E-state index contributed by atoms with van der Waals surface area (Å²) in [7, 11) is 1.68. The number of halogens is 1. The molecule has 4 heteroatoms.